The Labute approximate surface area is 206 Å². The first-order valence-corrected chi connectivity index (χ1v) is 11.3. The molecule has 0 radical (unpaired) electrons. The van der Waals surface area contributed by atoms with Gasteiger partial charge in [-0.25, -0.2) is 9.18 Å². The molecule has 3 rings (SSSR count). The third-order valence-electron chi connectivity index (χ3n) is 5.63. The highest BCUT2D eigenvalue weighted by atomic mass is 35.5. The van der Waals surface area contributed by atoms with Crippen molar-refractivity contribution in [1.29, 1.82) is 5.41 Å². The Kier molecular flexibility index (Phi) is 8.79. The number of hydrogen-bond acceptors (Lipinski definition) is 6. The molecule has 184 valence electrons. The molecule has 1 aliphatic rings. The summed E-state index contributed by atoms with van der Waals surface area (Å²) in [5, 5.41) is 16.5. The van der Waals surface area contributed by atoms with Crippen LogP contribution in [0.2, 0.25) is 0 Å². The van der Waals surface area contributed by atoms with Crippen LogP contribution in [0.3, 0.4) is 0 Å². The summed E-state index contributed by atoms with van der Waals surface area (Å²) in [7, 11) is 0. The maximum atomic E-state index is 14.1. The Hall–Kier alpha value is -2.98. The van der Waals surface area contributed by atoms with E-state index in [2.05, 4.69) is 0 Å². The zero-order valence-corrected chi connectivity index (χ0v) is 20.4. The molecule has 1 aliphatic heterocycles. The summed E-state index contributed by atoms with van der Waals surface area (Å²) in [6.07, 6.45) is 1.27. The Morgan fingerprint density at radius 2 is 1.88 bits per heavy atom. The second-order valence-corrected chi connectivity index (χ2v) is 9.85. The van der Waals surface area contributed by atoms with Gasteiger partial charge < -0.3 is 20.5 Å². The lowest BCUT2D eigenvalue weighted by molar-refractivity contribution is -0.148. The fourth-order valence-electron chi connectivity index (χ4n) is 3.75. The molecule has 0 aliphatic carbocycles. The number of piperidine rings is 1. The summed E-state index contributed by atoms with van der Waals surface area (Å²) in [6.45, 7) is 4.47. The molecule has 1 amide bonds. The van der Waals surface area contributed by atoms with Crippen molar-refractivity contribution in [3.63, 3.8) is 0 Å². The highest BCUT2D eigenvalue weighted by Gasteiger charge is 2.36. The van der Waals surface area contributed by atoms with Crippen LogP contribution < -0.4 is 10.5 Å². The first kappa shape index (κ1) is 27.3. The van der Waals surface area contributed by atoms with Crippen LogP contribution in [-0.4, -0.2) is 46.8 Å². The largest absolute Gasteiger partial charge is 0.481 e. The zero-order chi connectivity index (χ0) is 24.3. The van der Waals surface area contributed by atoms with Gasteiger partial charge in [0, 0.05) is 28.9 Å². The topological polar surface area (TPSA) is 134 Å². The number of carboxylic acid groups (broad SMARTS) is 1. The van der Waals surface area contributed by atoms with Crippen LogP contribution in [0.5, 0.6) is 5.75 Å². The molecular weight excluding hydrogens is 485 g/mol. The summed E-state index contributed by atoms with van der Waals surface area (Å²) >= 11 is 1.17. The molecule has 8 nitrogen and oxygen atoms in total. The van der Waals surface area contributed by atoms with Crippen molar-refractivity contribution in [2.75, 3.05) is 13.1 Å². The number of esters is 1. The lowest BCUT2D eigenvalue weighted by atomic mass is 9.85. The summed E-state index contributed by atoms with van der Waals surface area (Å²) in [4.78, 5) is 39.4. The highest BCUT2D eigenvalue weighted by molar-refractivity contribution is 7.14. The summed E-state index contributed by atoms with van der Waals surface area (Å²) in [5.74, 6) is -3.37. The molecule has 0 bridgehead atoms. The Bertz CT molecular complexity index is 1100. The number of nitrogen functional groups attached to an aromatic ring is 1. The van der Waals surface area contributed by atoms with Crippen molar-refractivity contribution < 1.29 is 28.6 Å². The number of nitrogens with one attached hydrogen (secondary N) is 1. The molecule has 2 heterocycles. The molecular formula is C23H27ClFN3O5S. The van der Waals surface area contributed by atoms with Crippen LogP contribution in [0.4, 0.5) is 4.39 Å². The van der Waals surface area contributed by atoms with Crippen molar-refractivity contribution >= 4 is 47.4 Å². The van der Waals surface area contributed by atoms with Gasteiger partial charge in [-0.15, -0.1) is 23.7 Å². The number of halogens is 2. The highest BCUT2D eigenvalue weighted by Crippen LogP contribution is 2.31. The van der Waals surface area contributed by atoms with Gasteiger partial charge in [-0.1, -0.05) is 13.8 Å². The number of amidine groups is 1. The van der Waals surface area contributed by atoms with Crippen LogP contribution in [-0.2, 0) is 16.0 Å². The molecule has 0 unspecified atom stereocenters. The van der Waals surface area contributed by atoms with Crippen molar-refractivity contribution in [2.45, 2.75) is 33.1 Å². The first-order chi connectivity index (χ1) is 15.5. The maximum Gasteiger partial charge on any atom is 0.353 e. The lowest BCUT2D eigenvalue weighted by Gasteiger charge is -2.36. The monoisotopic (exact) mass is 511 g/mol. The molecule has 34 heavy (non-hydrogen) atoms. The fraction of sp³-hybridized carbons (Fsp3) is 0.391. The van der Waals surface area contributed by atoms with E-state index in [4.69, 9.17) is 21.0 Å². The molecule has 11 heteroatoms. The quantitative estimate of drug-likeness (QED) is 0.224. The first-order valence-electron chi connectivity index (χ1n) is 10.4. The predicted molar refractivity (Wildman–Crippen MR) is 128 cm³/mol. The third-order valence-corrected chi connectivity index (χ3v) is 6.70. The number of thiophene rings is 1. The number of amides is 1. The number of carbonyl (C=O) groups excluding carboxylic acids is 2. The molecule has 4 N–H and O–H groups in total. The number of nitrogens with zero attached hydrogens (tertiary/aromatic N) is 1. The fourth-order valence-corrected chi connectivity index (χ4v) is 4.87. The molecule has 1 fully saturated rings. The minimum absolute atomic E-state index is 0. The standard InChI is InChI=1S/C23H26FN3O5S.ClH/c1-23(2,22(31)27-9-7-13(8-10-27)20(28)29)12-15-4-6-18(33-15)21(30)32-17-5-3-14(19(25)26)11-16(17)24;/h3-6,11,13H,7-10,12H2,1-2H3,(H3,25,26)(H,28,29);1H. The molecule has 1 aromatic carbocycles. The third kappa shape index (κ3) is 6.32. The minimum atomic E-state index is -0.825. The number of aliphatic carboxylic acids is 1. The van der Waals surface area contributed by atoms with E-state index < -0.39 is 29.1 Å². The van der Waals surface area contributed by atoms with Gasteiger partial charge in [-0.2, -0.15) is 0 Å². The number of hydrogen-bond donors (Lipinski definition) is 3. The maximum absolute atomic E-state index is 14.1. The SMILES string of the molecule is CC(C)(Cc1ccc(C(=O)Oc2ccc(C(=N)N)cc2F)s1)C(=O)N1CCC(C(=O)O)CC1.Cl. The molecule has 0 atom stereocenters. The summed E-state index contributed by atoms with van der Waals surface area (Å²) in [5.41, 5.74) is 4.77. The Morgan fingerprint density at radius 3 is 2.44 bits per heavy atom. The van der Waals surface area contributed by atoms with E-state index in [-0.39, 0.29) is 40.3 Å². The molecule has 1 saturated heterocycles. The van der Waals surface area contributed by atoms with Gasteiger partial charge in [-0.05, 0) is 49.6 Å². The van der Waals surface area contributed by atoms with Gasteiger partial charge in [0.15, 0.2) is 11.6 Å². The van der Waals surface area contributed by atoms with Gasteiger partial charge in [0.2, 0.25) is 5.91 Å². The van der Waals surface area contributed by atoms with E-state index in [1.807, 2.05) is 13.8 Å². The van der Waals surface area contributed by atoms with E-state index in [1.165, 1.54) is 23.5 Å². The smallest absolute Gasteiger partial charge is 0.353 e. The molecule has 1 aromatic heterocycles. The zero-order valence-electron chi connectivity index (χ0n) is 18.8. The van der Waals surface area contributed by atoms with Crippen molar-refractivity contribution in [1.82, 2.24) is 4.90 Å². The van der Waals surface area contributed by atoms with Crippen LogP contribution in [0, 0.1) is 22.6 Å². The van der Waals surface area contributed by atoms with E-state index in [0.29, 0.717) is 32.4 Å². The van der Waals surface area contributed by atoms with Gasteiger partial charge in [0.1, 0.15) is 10.7 Å². The Balaban J connectivity index is 0.00000408. The van der Waals surface area contributed by atoms with Crippen molar-refractivity contribution in [3.8, 4) is 5.75 Å². The average molecular weight is 512 g/mol. The molecule has 2 aromatic rings. The number of benzene rings is 1. The number of nitrogens with two attached hydrogens (primary N) is 1. The second-order valence-electron chi connectivity index (χ2n) is 8.68. The number of likely N-dealkylation sites (tertiary alicyclic amines) is 1. The Morgan fingerprint density at radius 1 is 1.24 bits per heavy atom. The second kappa shape index (κ2) is 11.0. The van der Waals surface area contributed by atoms with Crippen LogP contribution in [0.25, 0.3) is 0 Å². The van der Waals surface area contributed by atoms with E-state index in [1.54, 1.807) is 17.0 Å². The van der Waals surface area contributed by atoms with Crippen LogP contribution in [0.15, 0.2) is 30.3 Å². The van der Waals surface area contributed by atoms with E-state index in [9.17, 15) is 18.8 Å². The van der Waals surface area contributed by atoms with Crippen LogP contribution >= 0.6 is 23.7 Å². The predicted octanol–water partition coefficient (Wildman–Crippen LogP) is 3.70. The number of carboxylic acids is 1. The molecule has 0 saturated carbocycles. The minimum Gasteiger partial charge on any atom is -0.481 e. The average Bonchev–Trinajstić information content (AvgIpc) is 3.22. The summed E-state index contributed by atoms with van der Waals surface area (Å²) in [6, 6.07) is 6.97. The van der Waals surface area contributed by atoms with Crippen molar-refractivity contribution in [2.24, 2.45) is 17.1 Å². The lowest BCUT2D eigenvalue weighted by Crippen LogP contribution is -2.46. The number of rotatable bonds is 7. The van der Waals surface area contributed by atoms with Gasteiger partial charge in [0.25, 0.3) is 0 Å². The van der Waals surface area contributed by atoms with Gasteiger partial charge in [0.05, 0.1) is 5.92 Å². The van der Waals surface area contributed by atoms with E-state index >= 15 is 0 Å². The molecule has 0 spiro atoms. The van der Waals surface area contributed by atoms with E-state index in [0.717, 1.165) is 10.9 Å². The van der Waals surface area contributed by atoms with Gasteiger partial charge >= 0.3 is 11.9 Å². The van der Waals surface area contributed by atoms with Crippen molar-refractivity contribution in [3.05, 3.63) is 51.5 Å². The normalized spacial score (nSPS) is 14.3. The van der Waals surface area contributed by atoms with Gasteiger partial charge in [-0.3, -0.25) is 15.0 Å². The number of ether oxygens (including phenoxy) is 1. The van der Waals surface area contributed by atoms with Crippen LogP contribution in [0.1, 0.15) is 46.8 Å². The summed E-state index contributed by atoms with van der Waals surface area (Å²) < 4.78 is 19.3. The number of carbonyl (C=O) groups is 3.